The van der Waals surface area contributed by atoms with Crippen molar-refractivity contribution in [3.63, 3.8) is 0 Å². The van der Waals surface area contributed by atoms with Crippen molar-refractivity contribution in [2.24, 2.45) is 5.73 Å². The molecule has 0 saturated carbocycles. The summed E-state index contributed by atoms with van der Waals surface area (Å²) in [7, 11) is -3.74. The zero-order valence-corrected chi connectivity index (χ0v) is 17.6. The first-order valence-electron chi connectivity index (χ1n) is 9.03. The summed E-state index contributed by atoms with van der Waals surface area (Å²) < 4.78 is 28.2. The summed E-state index contributed by atoms with van der Waals surface area (Å²) in [6.45, 7) is 4.72. The third-order valence-electron chi connectivity index (χ3n) is 4.90. The minimum Gasteiger partial charge on any atom is -0.334 e. The number of anilines is 1. The van der Waals surface area contributed by atoms with Gasteiger partial charge in [0.25, 0.3) is 15.9 Å². The molecule has 1 atom stereocenters. The van der Waals surface area contributed by atoms with Gasteiger partial charge in [0, 0.05) is 30.4 Å². The Balaban J connectivity index is 0.00000280. The number of halogens is 1. The molecule has 0 bridgehead atoms. The third kappa shape index (κ3) is 4.66. The minimum absolute atomic E-state index is 0. The van der Waals surface area contributed by atoms with Crippen LogP contribution < -0.4 is 10.5 Å². The summed E-state index contributed by atoms with van der Waals surface area (Å²) in [6.07, 6.45) is 1.84. The summed E-state index contributed by atoms with van der Waals surface area (Å²) in [6, 6.07) is 11.9. The molecule has 6 nitrogen and oxygen atoms in total. The second kappa shape index (κ2) is 8.94. The van der Waals surface area contributed by atoms with E-state index < -0.39 is 10.0 Å². The van der Waals surface area contributed by atoms with E-state index in [0.717, 1.165) is 18.4 Å². The third-order valence-corrected chi connectivity index (χ3v) is 6.43. The van der Waals surface area contributed by atoms with E-state index in [1.54, 1.807) is 48.2 Å². The zero-order valence-electron chi connectivity index (χ0n) is 16.0. The molecule has 1 aliphatic rings. The van der Waals surface area contributed by atoms with E-state index in [-0.39, 0.29) is 29.3 Å². The predicted octanol–water partition coefficient (Wildman–Crippen LogP) is 3.09. The number of amides is 1. The zero-order chi connectivity index (χ0) is 19.6. The van der Waals surface area contributed by atoms with Crippen molar-refractivity contribution >= 4 is 34.0 Å². The molecule has 1 aliphatic heterocycles. The maximum atomic E-state index is 12.8. The lowest BCUT2D eigenvalue weighted by atomic mass is 10.1. The second-order valence-electron chi connectivity index (χ2n) is 6.99. The van der Waals surface area contributed by atoms with Gasteiger partial charge in [-0.25, -0.2) is 8.42 Å². The lowest BCUT2D eigenvalue weighted by Crippen LogP contribution is -2.39. The van der Waals surface area contributed by atoms with Gasteiger partial charge in [-0.2, -0.15) is 0 Å². The molecular weight excluding hydrogens is 398 g/mol. The highest BCUT2D eigenvalue weighted by atomic mass is 35.5. The Labute approximate surface area is 172 Å². The molecule has 1 amide bonds. The number of carbonyl (C=O) groups is 1. The smallest absolute Gasteiger partial charge is 0.262 e. The molecule has 2 aromatic rings. The lowest BCUT2D eigenvalue weighted by Gasteiger charge is -2.23. The van der Waals surface area contributed by atoms with Gasteiger partial charge < -0.3 is 10.6 Å². The molecular formula is C20H26ClN3O3S. The maximum Gasteiger partial charge on any atom is 0.262 e. The van der Waals surface area contributed by atoms with E-state index in [9.17, 15) is 13.2 Å². The molecule has 1 unspecified atom stereocenters. The first kappa shape index (κ1) is 22.2. The highest BCUT2D eigenvalue weighted by molar-refractivity contribution is 7.92. The molecule has 152 valence electrons. The summed E-state index contributed by atoms with van der Waals surface area (Å²) in [5.41, 5.74) is 8.12. The molecule has 0 spiro atoms. The van der Waals surface area contributed by atoms with Crippen LogP contribution >= 0.6 is 12.4 Å². The maximum absolute atomic E-state index is 12.8. The fourth-order valence-electron chi connectivity index (χ4n) is 3.44. The Morgan fingerprint density at radius 3 is 2.68 bits per heavy atom. The average Bonchev–Trinajstić information content (AvgIpc) is 3.11. The van der Waals surface area contributed by atoms with Crippen LogP contribution in [0.25, 0.3) is 0 Å². The number of nitrogens with zero attached hydrogens (tertiary/aromatic N) is 1. The van der Waals surface area contributed by atoms with Crippen LogP contribution in [0.5, 0.6) is 0 Å². The van der Waals surface area contributed by atoms with Gasteiger partial charge >= 0.3 is 0 Å². The topological polar surface area (TPSA) is 92.5 Å². The first-order chi connectivity index (χ1) is 12.8. The van der Waals surface area contributed by atoms with E-state index in [1.807, 2.05) is 13.0 Å². The number of aryl methyl sites for hydroxylation is 2. The molecule has 1 saturated heterocycles. The van der Waals surface area contributed by atoms with Crippen LogP contribution in [0.2, 0.25) is 0 Å². The molecule has 8 heteroatoms. The first-order valence-corrected chi connectivity index (χ1v) is 10.5. The van der Waals surface area contributed by atoms with Gasteiger partial charge in [-0.05, 0) is 62.1 Å². The van der Waals surface area contributed by atoms with Crippen molar-refractivity contribution in [2.75, 3.05) is 17.8 Å². The largest absolute Gasteiger partial charge is 0.334 e. The molecule has 0 aliphatic carbocycles. The molecule has 2 aromatic carbocycles. The quantitative estimate of drug-likeness (QED) is 0.772. The molecule has 1 fully saturated rings. The number of nitrogens with two attached hydrogens (primary N) is 1. The van der Waals surface area contributed by atoms with Gasteiger partial charge in [0.1, 0.15) is 0 Å². The number of carbonyl (C=O) groups excluding carboxylic acids is 1. The van der Waals surface area contributed by atoms with Gasteiger partial charge in [-0.3, -0.25) is 9.52 Å². The molecule has 1 heterocycles. The number of nitrogens with one attached hydrogen (secondary N) is 1. The highest BCUT2D eigenvalue weighted by Gasteiger charge is 2.28. The van der Waals surface area contributed by atoms with Crippen LogP contribution in [0.1, 0.15) is 34.3 Å². The summed E-state index contributed by atoms with van der Waals surface area (Å²) in [4.78, 5) is 14.8. The Hall–Kier alpha value is -2.09. The normalized spacial score (nSPS) is 16.5. The summed E-state index contributed by atoms with van der Waals surface area (Å²) >= 11 is 0. The predicted molar refractivity (Wildman–Crippen MR) is 114 cm³/mol. The molecule has 0 aromatic heterocycles. The van der Waals surface area contributed by atoms with Crippen LogP contribution in [-0.4, -0.2) is 38.4 Å². The van der Waals surface area contributed by atoms with Crippen LogP contribution in [0, 0.1) is 13.8 Å². The monoisotopic (exact) mass is 423 g/mol. The van der Waals surface area contributed by atoms with Crippen LogP contribution in [0.4, 0.5) is 5.69 Å². The Morgan fingerprint density at radius 2 is 1.96 bits per heavy atom. The van der Waals surface area contributed by atoms with Crippen LogP contribution in [0.3, 0.4) is 0 Å². The SMILES string of the molecule is Cc1ccc(C)c(S(=O)(=O)Nc2cccc(C(=O)N3CCCC3CN)c2)c1.Cl. The van der Waals surface area contributed by atoms with Crippen molar-refractivity contribution in [3.05, 3.63) is 59.2 Å². The summed E-state index contributed by atoms with van der Waals surface area (Å²) in [5.74, 6) is -0.115. The number of hydrogen-bond acceptors (Lipinski definition) is 4. The molecule has 28 heavy (non-hydrogen) atoms. The highest BCUT2D eigenvalue weighted by Crippen LogP contribution is 2.23. The molecule has 0 radical (unpaired) electrons. The molecule has 3 rings (SSSR count). The van der Waals surface area contributed by atoms with E-state index in [4.69, 9.17) is 5.73 Å². The van der Waals surface area contributed by atoms with Crippen molar-refractivity contribution in [1.82, 2.24) is 4.90 Å². The molecule has 3 N–H and O–H groups in total. The average molecular weight is 424 g/mol. The van der Waals surface area contributed by atoms with Crippen molar-refractivity contribution in [2.45, 2.75) is 37.6 Å². The van der Waals surface area contributed by atoms with Crippen LogP contribution in [0.15, 0.2) is 47.4 Å². The van der Waals surface area contributed by atoms with Crippen molar-refractivity contribution in [1.29, 1.82) is 0 Å². The summed E-state index contributed by atoms with van der Waals surface area (Å²) in [5, 5.41) is 0. The van der Waals surface area contributed by atoms with E-state index in [0.29, 0.717) is 29.9 Å². The van der Waals surface area contributed by atoms with E-state index in [2.05, 4.69) is 4.72 Å². The standard InChI is InChI=1S/C20H25N3O3S.ClH/c1-14-8-9-15(2)19(11-14)27(25,26)22-17-6-3-5-16(12-17)20(24)23-10-4-7-18(23)13-21;/h3,5-6,8-9,11-12,18,22H,4,7,10,13,21H2,1-2H3;1H. The fraction of sp³-hybridized carbons (Fsp3) is 0.350. The van der Waals surface area contributed by atoms with Crippen molar-refractivity contribution < 1.29 is 13.2 Å². The number of benzene rings is 2. The second-order valence-corrected chi connectivity index (χ2v) is 8.64. The number of rotatable bonds is 5. The van der Waals surface area contributed by atoms with Gasteiger partial charge in [0.2, 0.25) is 0 Å². The van der Waals surface area contributed by atoms with E-state index >= 15 is 0 Å². The number of sulfonamides is 1. The number of likely N-dealkylation sites (tertiary alicyclic amines) is 1. The van der Waals surface area contributed by atoms with E-state index in [1.165, 1.54) is 0 Å². The Morgan fingerprint density at radius 1 is 1.21 bits per heavy atom. The Bertz CT molecular complexity index is 963. The van der Waals surface area contributed by atoms with Crippen LogP contribution in [-0.2, 0) is 10.0 Å². The lowest BCUT2D eigenvalue weighted by molar-refractivity contribution is 0.0741. The van der Waals surface area contributed by atoms with Gasteiger partial charge in [-0.1, -0.05) is 18.2 Å². The Kier molecular flexibility index (Phi) is 7.09. The van der Waals surface area contributed by atoms with Crippen molar-refractivity contribution in [3.8, 4) is 0 Å². The van der Waals surface area contributed by atoms with Gasteiger partial charge in [-0.15, -0.1) is 12.4 Å². The number of hydrogen-bond donors (Lipinski definition) is 2. The fourth-order valence-corrected chi connectivity index (χ4v) is 4.82. The van der Waals surface area contributed by atoms with Gasteiger partial charge in [0.15, 0.2) is 0 Å². The van der Waals surface area contributed by atoms with Gasteiger partial charge in [0.05, 0.1) is 4.90 Å². The minimum atomic E-state index is -3.74.